The number of oxazole rings is 1. The maximum absolute atomic E-state index is 9.51. The van der Waals surface area contributed by atoms with E-state index in [-0.39, 0.29) is 0 Å². The number of benzene rings is 2. The normalized spacial score (nSPS) is 14.6. The van der Waals surface area contributed by atoms with Crippen LogP contribution in [0.2, 0.25) is 0 Å². The first-order valence-corrected chi connectivity index (χ1v) is 9.33. The van der Waals surface area contributed by atoms with Gasteiger partial charge in [0.25, 0.3) is 0 Å². The molecule has 142 valence electrons. The van der Waals surface area contributed by atoms with Crippen LogP contribution in [0.25, 0.3) is 11.5 Å². The summed E-state index contributed by atoms with van der Waals surface area (Å²) in [6, 6.07) is 20.1. The SMILES string of the molecule is COc1ccc(-c2nc(C#N)c(N3CCN(Cc4ccccc4)CC3)o2)cc1. The van der Waals surface area contributed by atoms with Crippen molar-refractivity contribution in [2.75, 3.05) is 38.2 Å². The van der Waals surface area contributed by atoms with Gasteiger partial charge in [0.15, 0.2) is 0 Å². The Hall–Kier alpha value is -3.30. The molecule has 28 heavy (non-hydrogen) atoms. The molecule has 6 nitrogen and oxygen atoms in total. The van der Waals surface area contributed by atoms with Gasteiger partial charge in [0.1, 0.15) is 11.8 Å². The lowest BCUT2D eigenvalue weighted by Crippen LogP contribution is -2.46. The second kappa shape index (κ2) is 8.15. The molecule has 0 saturated carbocycles. The summed E-state index contributed by atoms with van der Waals surface area (Å²) in [5.41, 5.74) is 2.48. The van der Waals surface area contributed by atoms with E-state index in [2.05, 4.69) is 45.1 Å². The maximum Gasteiger partial charge on any atom is 0.235 e. The van der Waals surface area contributed by atoms with Crippen molar-refractivity contribution >= 4 is 5.88 Å². The van der Waals surface area contributed by atoms with Crippen LogP contribution in [0.4, 0.5) is 5.88 Å². The molecule has 6 heteroatoms. The van der Waals surface area contributed by atoms with Gasteiger partial charge in [-0.2, -0.15) is 10.2 Å². The predicted octanol–water partition coefficient (Wildman–Crippen LogP) is 3.54. The molecular weight excluding hydrogens is 352 g/mol. The van der Waals surface area contributed by atoms with Gasteiger partial charge in [-0.1, -0.05) is 30.3 Å². The van der Waals surface area contributed by atoms with Crippen LogP contribution in [-0.2, 0) is 6.54 Å². The van der Waals surface area contributed by atoms with Crippen LogP contribution in [0, 0.1) is 11.3 Å². The van der Waals surface area contributed by atoms with Gasteiger partial charge in [0.2, 0.25) is 17.5 Å². The highest BCUT2D eigenvalue weighted by Crippen LogP contribution is 2.29. The smallest absolute Gasteiger partial charge is 0.235 e. The van der Waals surface area contributed by atoms with E-state index in [1.807, 2.05) is 30.3 Å². The lowest BCUT2D eigenvalue weighted by atomic mass is 10.2. The second-order valence-corrected chi connectivity index (χ2v) is 6.76. The lowest BCUT2D eigenvalue weighted by molar-refractivity contribution is 0.246. The van der Waals surface area contributed by atoms with Crippen molar-refractivity contribution < 1.29 is 9.15 Å². The molecule has 1 fully saturated rings. The third-order valence-electron chi connectivity index (χ3n) is 4.96. The molecule has 0 atom stereocenters. The Labute approximate surface area is 164 Å². The number of rotatable bonds is 5. The monoisotopic (exact) mass is 374 g/mol. The van der Waals surface area contributed by atoms with E-state index in [0.717, 1.165) is 44.0 Å². The summed E-state index contributed by atoms with van der Waals surface area (Å²) in [5.74, 6) is 1.79. The average molecular weight is 374 g/mol. The second-order valence-electron chi connectivity index (χ2n) is 6.76. The first-order valence-electron chi connectivity index (χ1n) is 9.33. The van der Waals surface area contributed by atoms with Crippen LogP contribution < -0.4 is 9.64 Å². The van der Waals surface area contributed by atoms with E-state index in [4.69, 9.17) is 9.15 Å². The zero-order valence-corrected chi connectivity index (χ0v) is 15.8. The number of methoxy groups -OCH3 is 1. The molecule has 0 bridgehead atoms. The standard InChI is InChI=1S/C22H22N4O2/c1-27-19-9-7-18(8-10-19)21-24-20(15-23)22(28-21)26-13-11-25(12-14-26)16-17-5-3-2-4-6-17/h2-10H,11-14,16H2,1H3. The summed E-state index contributed by atoms with van der Waals surface area (Å²) in [6.45, 7) is 4.38. The van der Waals surface area contributed by atoms with Crippen LogP contribution in [0.5, 0.6) is 5.75 Å². The van der Waals surface area contributed by atoms with Crippen molar-refractivity contribution in [3.05, 3.63) is 65.9 Å². The fraction of sp³-hybridized carbons (Fsp3) is 0.273. The van der Waals surface area contributed by atoms with Crippen molar-refractivity contribution in [1.29, 1.82) is 5.26 Å². The van der Waals surface area contributed by atoms with E-state index in [1.54, 1.807) is 7.11 Å². The minimum atomic E-state index is 0.335. The van der Waals surface area contributed by atoms with Crippen LogP contribution in [0.3, 0.4) is 0 Å². The number of aromatic nitrogens is 1. The lowest BCUT2D eigenvalue weighted by Gasteiger charge is -2.34. The fourth-order valence-corrected chi connectivity index (χ4v) is 3.41. The third kappa shape index (κ3) is 3.85. The van der Waals surface area contributed by atoms with Gasteiger partial charge in [0, 0.05) is 38.3 Å². The van der Waals surface area contributed by atoms with E-state index in [1.165, 1.54) is 5.56 Å². The summed E-state index contributed by atoms with van der Waals surface area (Å²) in [6.07, 6.45) is 0. The van der Waals surface area contributed by atoms with E-state index in [9.17, 15) is 5.26 Å². The largest absolute Gasteiger partial charge is 0.497 e. The minimum absolute atomic E-state index is 0.335. The quantitative estimate of drug-likeness (QED) is 0.681. The van der Waals surface area contributed by atoms with Gasteiger partial charge in [-0.05, 0) is 29.8 Å². The van der Waals surface area contributed by atoms with Gasteiger partial charge in [-0.25, -0.2) is 0 Å². The van der Waals surface area contributed by atoms with E-state index < -0.39 is 0 Å². The summed E-state index contributed by atoms with van der Waals surface area (Å²) in [5, 5.41) is 9.51. The Bertz CT molecular complexity index is 952. The highest BCUT2D eigenvalue weighted by molar-refractivity contribution is 5.60. The Balaban J connectivity index is 1.46. The van der Waals surface area contributed by atoms with Gasteiger partial charge in [-0.15, -0.1) is 0 Å². The number of nitriles is 1. The highest BCUT2D eigenvalue weighted by atomic mass is 16.5. The molecule has 2 heterocycles. The number of hydrogen-bond acceptors (Lipinski definition) is 6. The number of piperazine rings is 1. The molecule has 0 amide bonds. The molecular formula is C22H22N4O2. The first kappa shape index (κ1) is 18.1. The van der Waals surface area contributed by atoms with Gasteiger partial charge in [-0.3, -0.25) is 4.90 Å². The Morgan fingerprint density at radius 1 is 1.04 bits per heavy atom. The summed E-state index contributed by atoms with van der Waals surface area (Å²) < 4.78 is 11.2. The van der Waals surface area contributed by atoms with Gasteiger partial charge >= 0.3 is 0 Å². The first-order chi connectivity index (χ1) is 13.8. The topological polar surface area (TPSA) is 65.5 Å². The zero-order chi connectivity index (χ0) is 19.3. The van der Waals surface area contributed by atoms with Gasteiger partial charge in [0.05, 0.1) is 7.11 Å². The fourth-order valence-electron chi connectivity index (χ4n) is 3.41. The Morgan fingerprint density at radius 3 is 2.39 bits per heavy atom. The van der Waals surface area contributed by atoms with Gasteiger partial charge < -0.3 is 14.1 Å². The number of ether oxygens (including phenoxy) is 1. The van der Waals surface area contributed by atoms with Crippen LogP contribution >= 0.6 is 0 Å². The van der Waals surface area contributed by atoms with Crippen molar-refractivity contribution in [2.45, 2.75) is 6.54 Å². The molecule has 1 aliphatic heterocycles. The van der Waals surface area contributed by atoms with Crippen molar-refractivity contribution in [1.82, 2.24) is 9.88 Å². The number of anilines is 1. The summed E-state index contributed by atoms with van der Waals surface area (Å²) in [7, 11) is 1.63. The molecule has 0 N–H and O–H groups in total. The Morgan fingerprint density at radius 2 is 1.75 bits per heavy atom. The molecule has 2 aromatic carbocycles. The molecule has 1 aliphatic rings. The molecule has 0 aliphatic carbocycles. The number of nitrogens with zero attached hydrogens (tertiary/aromatic N) is 4. The summed E-state index contributed by atoms with van der Waals surface area (Å²) >= 11 is 0. The van der Waals surface area contributed by atoms with E-state index in [0.29, 0.717) is 17.5 Å². The molecule has 1 aromatic heterocycles. The van der Waals surface area contributed by atoms with Crippen molar-refractivity contribution in [2.24, 2.45) is 0 Å². The predicted molar refractivity (Wildman–Crippen MR) is 107 cm³/mol. The van der Waals surface area contributed by atoms with Crippen molar-refractivity contribution in [3.63, 3.8) is 0 Å². The Kier molecular flexibility index (Phi) is 5.27. The molecule has 4 rings (SSSR count). The zero-order valence-electron chi connectivity index (χ0n) is 15.8. The van der Waals surface area contributed by atoms with Crippen LogP contribution in [0.15, 0.2) is 59.0 Å². The minimum Gasteiger partial charge on any atom is -0.497 e. The highest BCUT2D eigenvalue weighted by Gasteiger charge is 2.24. The van der Waals surface area contributed by atoms with Crippen LogP contribution in [0.1, 0.15) is 11.3 Å². The molecule has 0 radical (unpaired) electrons. The third-order valence-corrected chi connectivity index (χ3v) is 4.96. The molecule has 3 aromatic rings. The molecule has 0 spiro atoms. The maximum atomic E-state index is 9.51. The molecule has 1 saturated heterocycles. The molecule has 0 unspecified atom stereocenters. The summed E-state index contributed by atoms with van der Waals surface area (Å²) in [4.78, 5) is 8.92. The van der Waals surface area contributed by atoms with Crippen LogP contribution in [-0.4, -0.2) is 43.2 Å². The van der Waals surface area contributed by atoms with Crippen molar-refractivity contribution in [3.8, 4) is 23.3 Å². The average Bonchev–Trinajstić information content (AvgIpc) is 3.19. The van der Waals surface area contributed by atoms with E-state index >= 15 is 0 Å². The number of hydrogen-bond donors (Lipinski definition) is 0.